The molecule has 1 amide bonds. The summed E-state index contributed by atoms with van der Waals surface area (Å²) in [4.78, 5) is 38.6. The summed E-state index contributed by atoms with van der Waals surface area (Å²) in [7, 11) is 1.33. The summed E-state index contributed by atoms with van der Waals surface area (Å²) in [6.07, 6.45) is 3.64. The number of methoxy groups -OCH3 is 1. The van der Waals surface area contributed by atoms with E-state index in [-0.39, 0.29) is 12.6 Å². The Morgan fingerprint density at radius 2 is 1.86 bits per heavy atom. The first-order valence-electron chi connectivity index (χ1n) is 11.8. The summed E-state index contributed by atoms with van der Waals surface area (Å²) in [6.45, 7) is 3.75. The number of nitrogens with one attached hydrogen (secondary N) is 2. The van der Waals surface area contributed by atoms with Crippen molar-refractivity contribution >= 4 is 30.1 Å². The molecule has 3 rings (SSSR count). The Kier molecular flexibility index (Phi) is 9.76. The minimum absolute atomic E-state index is 0.197. The van der Waals surface area contributed by atoms with Crippen molar-refractivity contribution in [2.45, 2.75) is 43.5 Å². The molecule has 0 spiro atoms. The maximum atomic E-state index is 13.4. The zero-order chi connectivity index (χ0) is 26.1. The second-order valence-electron chi connectivity index (χ2n) is 8.26. The van der Waals surface area contributed by atoms with Crippen molar-refractivity contribution in [1.29, 1.82) is 0 Å². The molecule has 0 fully saturated rings. The lowest BCUT2D eigenvalue weighted by Crippen LogP contribution is -2.33. The molecule has 2 unspecified atom stereocenters. The van der Waals surface area contributed by atoms with E-state index in [1.54, 1.807) is 25.6 Å². The van der Waals surface area contributed by atoms with Crippen LogP contribution in [-0.2, 0) is 23.9 Å². The summed E-state index contributed by atoms with van der Waals surface area (Å²) >= 11 is 1.58. The van der Waals surface area contributed by atoms with E-state index >= 15 is 0 Å². The van der Waals surface area contributed by atoms with Crippen LogP contribution in [0, 0.1) is 0 Å². The number of dihydropyridines is 1. The fourth-order valence-corrected chi connectivity index (χ4v) is 4.95. The molecule has 2 atom stereocenters. The van der Waals surface area contributed by atoms with Gasteiger partial charge in [-0.15, -0.1) is 11.8 Å². The number of carbonyl (C=O) groups is 3. The Balaban J connectivity index is 2.11. The number of rotatable bonds is 11. The number of esters is 2. The van der Waals surface area contributed by atoms with Gasteiger partial charge in [0.15, 0.2) is 0 Å². The average molecular weight is 509 g/mol. The number of ether oxygens (including phenoxy) is 2. The van der Waals surface area contributed by atoms with Gasteiger partial charge in [0, 0.05) is 16.3 Å². The first-order valence-corrected chi connectivity index (χ1v) is 13.0. The first kappa shape index (κ1) is 27.1. The molecule has 0 saturated heterocycles. The molecule has 7 nitrogen and oxygen atoms in total. The maximum absolute atomic E-state index is 13.4. The summed E-state index contributed by atoms with van der Waals surface area (Å²) in [6, 6.07) is 17.2. The number of allylic oxidation sites excluding steroid dienone is 2. The molecule has 8 heteroatoms. The topological polar surface area (TPSA) is 93.7 Å². The molecule has 2 aromatic rings. The predicted octanol–water partition coefficient (Wildman–Crippen LogP) is 4.63. The Hall–Kier alpha value is -3.52. The largest absolute Gasteiger partial charge is 0.466 e. The Morgan fingerprint density at radius 3 is 2.50 bits per heavy atom. The summed E-state index contributed by atoms with van der Waals surface area (Å²) in [5, 5.41) is 6.16. The highest BCUT2D eigenvalue weighted by Gasteiger charge is 2.38. The van der Waals surface area contributed by atoms with Gasteiger partial charge in [0.1, 0.15) is 0 Å². The van der Waals surface area contributed by atoms with E-state index in [4.69, 9.17) is 9.47 Å². The molecule has 0 saturated carbocycles. The SMILES string of the molecule is CCOC(=O)C1=C(CCC(NC=O)c2ccccc2)NC(C)=C(C(=O)OC)C1c1cccc(SC)c1. The molecular formula is C28H32N2O5S. The third-order valence-electron chi connectivity index (χ3n) is 6.13. The molecule has 1 heterocycles. The molecule has 0 bridgehead atoms. The molecule has 2 aromatic carbocycles. The molecule has 0 aliphatic carbocycles. The summed E-state index contributed by atoms with van der Waals surface area (Å²) in [5.41, 5.74) is 3.78. The smallest absolute Gasteiger partial charge is 0.336 e. The van der Waals surface area contributed by atoms with Gasteiger partial charge in [-0.05, 0) is 56.2 Å². The number of carbonyl (C=O) groups excluding carboxylic acids is 3. The lowest BCUT2D eigenvalue weighted by Gasteiger charge is -2.32. The minimum Gasteiger partial charge on any atom is -0.466 e. The summed E-state index contributed by atoms with van der Waals surface area (Å²) in [5.74, 6) is -1.66. The highest BCUT2D eigenvalue weighted by atomic mass is 32.2. The zero-order valence-electron chi connectivity index (χ0n) is 21.0. The van der Waals surface area contributed by atoms with Crippen molar-refractivity contribution in [2.75, 3.05) is 20.0 Å². The van der Waals surface area contributed by atoms with Crippen LogP contribution in [0.2, 0.25) is 0 Å². The van der Waals surface area contributed by atoms with Gasteiger partial charge in [0.2, 0.25) is 6.41 Å². The van der Waals surface area contributed by atoms with Gasteiger partial charge in [-0.25, -0.2) is 9.59 Å². The van der Waals surface area contributed by atoms with E-state index < -0.39 is 17.9 Å². The number of hydrogen-bond donors (Lipinski definition) is 2. The molecule has 1 aliphatic rings. The van der Waals surface area contributed by atoms with E-state index in [0.717, 1.165) is 16.0 Å². The second-order valence-corrected chi connectivity index (χ2v) is 9.14. The Bertz CT molecular complexity index is 1160. The van der Waals surface area contributed by atoms with Crippen molar-refractivity contribution in [2.24, 2.45) is 0 Å². The van der Waals surface area contributed by atoms with E-state index in [1.165, 1.54) is 7.11 Å². The third-order valence-corrected chi connectivity index (χ3v) is 6.85. The molecule has 0 aromatic heterocycles. The lowest BCUT2D eigenvalue weighted by molar-refractivity contribution is -0.139. The van der Waals surface area contributed by atoms with Gasteiger partial charge in [0.05, 0.1) is 36.8 Å². The molecule has 36 heavy (non-hydrogen) atoms. The molecule has 0 radical (unpaired) electrons. The standard InChI is InChI=1S/C28H32N2O5S/c1-5-35-28(33)26-23(15-14-22(29-17-31)19-10-7-6-8-11-19)30-18(2)24(27(32)34-3)25(26)20-12-9-13-21(16-20)36-4/h6-13,16-17,22,25,30H,5,14-15H2,1-4H3,(H,29,31). The lowest BCUT2D eigenvalue weighted by atomic mass is 9.79. The van der Waals surface area contributed by atoms with Crippen LogP contribution >= 0.6 is 11.8 Å². The van der Waals surface area contributed by atoms with Crippen LogP contribution in [0.3, 0.4) is 0 Å². The van der Waals surface area contributed by atoms with Crippen molar-refractivity contribution in [3.63, 3.8) is 0 Å². The molecular weight excluding hydrogens is 476 g/mol. The number of benzene rings is 2. The van der Waals surface area contributed by atoms with Crippen LogP contribution in [0.4, 0.5) is 0 Å². The Morgan fingerprint density at radius 1 is 1.11 bits per heavy atom. The van der Waals surface area contributed by atoms with Crippen LogP contribution in [0.25, 0.3) is 0 Å². The average Bonchev–Trinajstić information content (AvgIpc) is 2.90. The molecule has 1 aliphatic heterocycles. The fraction of sp³-hybridized carbons (Fsp3) is 0.321. The maximum Gasteiger partial charge on any atom is 0.336 e. The van der Waals surface area contributed by atoms with Gasteiger partial charge >= 0.3 is 11.9 Å². The van der Waals surface area contributed by atoms with Crippen LogP contribution in [0.1, 0.15) is 49.8 Å². The third kappa shape index (κ3) is 6.18. The van der Waals surface area contributed by atoms with E-state index in [0.29, 0.717) is 41.8 Å². The van der Waals surface area contributed by atoms with Gasteiger partial charge in [-0.2, -0.15) is 0 Å². The molecule has 190 valence electrons. The monoisotopic (exact) mass is 508 g/mol. The molecule has 2 N–H and O–H groups in total. The number of amides is 1. The van der Waals surface area contributed by atoms with Crippen LogP contribution < -0.4 is 10.6 Å². The van der Waals surface area contributed by atoms with Crippen molar-refractivity contribution in [3.05, 3.63) is 88.3 Å². The predicted molar refractivity (Wildman–Crippen MR) is 140 cm³/mol. The Labute approximate surface area is 216 Å². The highest BCUT2D eigenvalue weighted by Crippen LogP contribution is 2.41. The number of thioether (sulfide) groups is 1. The first-order chi connectivity index (χ1) is 17.4. The highest BCUT2D eigenvalue weighted by molar-refractivity contribution is 7.98. The normalized spacial score (nSPS) is 16.2. The second kappa shape index (κ2) is 13.0. The summed E-state index contributed by atoms with van der Waals surface area (Å²) < 4.78 is 10.6. The zero-order valence-corrected chi connectivity index (χ0v) is 21.8. The van der Waals surface area contributed by atoms with Crippen molar-refractivity contribution < 1.29 is 23.9 Å². The number of hydrogen-bond acceptors (Lipinski definition) is 7. The van der Waals surface area contributed by atoms with Crippen LogP contribution in [0.5, 0.6) is 0 Å². The van der Waals surface area contributed by atoms with Gasteiger partial charge in [0.25, 0.3) is 0 Å². The van der Waals surface area contributed by atoms with E-state index in [2.05, 4.69) is 10.6 Å². The van der Waals surface area contributed by atoms with Crippen molar-refractivity contribution in [3.8, 4) is 0 Å². The van der Waals surface area contributed by atoms with Crippen LogP contribution in [-0.4, -0.2) is 38.3 Å². The van der Waals surface area contributed by atoms with E-state index in [1.807, 2.05) is 60.9 Å². The fourth-order valence-electron chi connectivity index (χ4n) is 4.48. The van der Waals surface area contributed by atoms with Crippen LogP contribution in [0.15, 0.2) is 82.0 Å². The quantitative estimate of drug-likeness (QED) is 0.260. The van der Waals surface area contributed by atoms with E-state index in [9.17, 15) is 14.4 Å². The van der Waals surface area contributed by atoms with Gasteiger partial charge in [-0.1, -0.05) is 42.5 Å². The van der Waals surface area contributed by atoms with Gasteiger partial charge in [-0.3, -0.25) is 4.79 Å². The van der Waals surface area contributed by atoms with Crippen molar-refractivity contribution in [1.82, 2.24) is 10.6 Å². The minimum atomic E-state index is -0.658. The van der Waals surface area contributed by atoms with Gasteiger partial charge < -0.3 is 20.1 Å².